The van der Waals surface area contributed by atoms with Crippen LogP contribution in [-0.4, -0.2) is 37.6 Å². The highest BCUT2D eigenvalue weighted by molar-refractivity contribution is 7.21. The Bertz CT molecular complexity index is 962. The molecule has 3 aromatic rings. The van der Waals surface area contributed by atoms with E-state index in [1.165, 1.54) is 20.7 Å². The third-order valence-electron chi connectivity index (χ3n) is 4.23. The van der Waals surface area contributed by atoms with Crippen LogP contribution in [0.3, 0.4) is 0 Å². The van der Waals surface area contributed by atoms with Crippen LogP contribution >= 0.6 is 11.3 Å². The fraction of sp³-hybridized carbons (Fsp3) is 0.429. The molecule has 1 aliphatic rings. The minimum atomic E-state index is -0.350. The average molecular weight is 332 g/mol. The fourth-order valence-electron chi connectivity index (χ4n) is 3.11. The molecule has 8 nitrogen and oxygen atoms in total. The summed E-state index contributed by atoms with van der Waals surface area (Å²) in [6, 6.07) is -0.102. The molecule has 9 heteroatoms. The number of nitrogens with one attached hydrogen (secondary N) is 2. The number of fused-ring (bicyclic) bond motifs is 1. The molecule has 0 spiro atoms. The van der Waals surface area contributed by atoms with Gasteiger partial charge in [-0.25, -0.2) is 4.79 Å². The van der Waals surface area contributed by atoms with Crippen LogP contribution in [0.25, 0.3) is 15.2 Å². The Balaban J connectivity index is 1.95. The molecule has 0 aliphatic carbocycles. The quantitative estimate of drug-likeness (QED) is 0.715. The van der Waals surface area contributed by atoms with Crippen molar-refractivity contribution in [3.05, 3.63) is 38.8 Å². The predicted molar refractivity (Wildman–Crippen MR) is 87.5 cm³/mol. The largest absolute Gasteiger partial charge is 0.329 e. The Morgan fingerprint density at radius 2 is 2.09 bits per heavy atom. The molecule has 0 bridgehead atoms. The van der Waals surface area contributed by atoms with Gasteiger partial charge in [0, 0.05) is 12.1 Å². The zero-order valence-electron chi connectivity index (χ0n) is 12.6. The number of thiophene rings is 1. The summed E-state index contributed by atoms with van der Waals surface area (Å²) in [5.74, 6) is 0. The van der Waals surface area contributed by atoms with E-state index in [9.17, 15) is 9.59 Å². The van der Waals surface area contributed by atoms with Gasteiger partial charge in [-0.3, -0.25) is 14.3 Å². The number of hydrogen-bond donors (Lipinski definition) is 2. The highest BCUT2D eigenvalue weighted by atomic mass is 32.1. The van der Waals surface area contributed by atoms with Crippen molar-refractivity contribution < 1.29 is 0 Å². The molecule has 0 radical (unpaired) electrons. The third-order valence-corrected chi connectivity index (χ3v) is 5.40. The van der Waals surface area contributed by atoms with Gasteiger partial charge in [-0.2, -0.15) is 10.2 Å². The molecule has 3 aromatic heterocycles. The SMILES string of the molecule is Cc1c(-n2nccn2)sc2[nH]c(=O)n(C3CCCNC3)c(=O)c12. The van der Waals surface area contributed by atoms with Crippen LogP contribution in [0, 0.1) is 6.92 Å². The number of aromatic amines is 1. The number of hydrogen-bond acceptors (Lipinski definition) is 6. The smallest absolute Gasteiger partial charge is 0.315 e. The summed E-state index contributed by atoms with van der Waals surface area (Å²) in [6.07, 6.45) is 4.95. The maximum atomic E-state index is 12.9. The molecule has 4 rings (SSSR count). The lowest BCUT2D eigenvalue weighted by atomic mass is 10.1. The van der Waals surface area contributed by atoms with Crippen LogP contribution in [0.1, 0.15) is 24.4 Å². The molecule has 0 aromatic carbocycles. The Kier molecular flexibility index (Phi) is 3.38. The van der Waals surface area contributed by atoms with Crippen molar-refractivity contribution in [1.29, 1.82) is 0 Å². The van der Waals surface area contributed by atoms with Crippen LogP contribution in [0.5, 0.6) is 0 Å². The van der Waals surface area contributed by atoms with E-state index in [-0.39, 0.29) is 17.3 Å². The zero-order chi connectivity index (χ0) is 16.0. The summed E-state index contributed by atoms with van der Waals surface area (Å²) in [4.78, 5) is 30.2. The molecule has 4 heterocycles. The molecule has 23 heavy (non-hydrogen) atoms. The van der Waals surface area contributed by atoms with Crippen molar-refractivity contribution in [3.8, 4) is 5.00 Å². The Morgan fingerprint density at radius 1 is 1.30 bits per heavy atom. The van der Waals surface area contributed by atoms with Gasteiger partial charge >= 0.3 is 5.69 Å². The highest BCUT2D eigenvalue weighted by Gasteiger charge is 2.23. The summed E-state index contributed by atoms with van der Waals surface area (Å²) < 4.78 is 1.36. The van der Waals surface area contributed by atoms with E-state index in [1.807, 2.05) is 6.92 Å². The van der Waals surface area contributed by atoms with E-state index in [0.717, 1.165) is 30.0 Å². The molecule has 1 fully saturated rings. The molecular formula is C14H16N6O2S. The van der Waals surface area contributed by atoms with Gasteiger partial charge in [-0.15, -0.1) is 4.80 Å². The molecular weight excluding hydrogens is 316 g/mol. The zero-order valence-corrected chi connectivity index (χ0v) is 13.4. The van der Waals surface area contributed by atoms with E-state index >= 15 is 0 Å². The lowest BCUT2D eigenvalue weighted by Gasteiger charge is -2.23. The van der Waals surface area contributed by atoms with Gasteiger partial charge in [0.15, 0.2) is 0 Å². The van der Waals surface area contributed by atoms with Crippen molar-refractivity contribution in [2.45, 2.75) is 25.8 Å². The number of aromatic nitrogens is 5. The Morgan fingerprint density at radius 3 is 2.78 bits per heavy atom. The van der Waals surface area contributed by atoms with Crippen LogP contribution in [0.4, 0.5) is 0 Å². The molecule has 120 valence electrons. The first-order valence-electron chi connectivity index (χ1n) is 7.52. The first-order valence-corrected chi connectivity index (χ1v) is 8.34. The van der Waals surface area contributed by atoms with Gasteiger partial charge in [0.25, 0.3) is 5.56 Å². The van der Waals surface area contributed by atoms with Gasteiger partial charge in [0.05, 0.1) is 23.8 Å². The summed E-state index contributed by atoms with van der Waals surface area (Å²) >= 11 is 1.32. The molecule has 1 unspecified atom stereocenters. The van der Waals surface area contributed by atoms with E-state index < -0.39 is 0 Å². The summed E-state index contributed by atoms with van der Waals surface area (Å²) in [5, 5.41) is 12.8. The second kappa shape index (κ2) is 5.43. The van der Waals surface area contributed by atoms with Crippen LogP contribution in [0.15, 0.2) is 22.0 Å². The van der Waals surface area contributed by atoms with E-state index in [0.29, 0.717) is 16.8 Å². The number of piperidine rings is 1. The predicted octanol–water partition coefficient (Wildman–Crippen LogP) is 0.565. The van der Waals surface area contributed by atoms with Gasteiger partial charge in [-0.05, 0) is 26.3 Å². The van der Waals surface area contributed by atoms with E-state index in [1.54, 1.807) is 12.4 Å². The summed E-state index contributed by atoms with van der Waals surface area (Å²) in [6.45, 7) is 3.43. The lowest BCUT2D eigenvalue weighted by molar-refractivity contribution is 0.355. The highest BCUT2D eigenvalue weighted by Crippen LogP contribution is 2.29. The second-order valence-electron chi connectivity index (χ2n) is 5.66. The topological polar surface area (TPSA) is 97.6 Å². The van der Waals surface area contributed by atoms with Crippen LogP contribution in [-0.2, 0) is 0 Å². The third kappa shape index (κ3) is 2.23. The van der Waals surface area contributed by atoms with E-state index in [2.05, 4.69) is 20.5 Å². The first kappa shape index (κ1) is 14.3. The minimum Gasteiger partial charge on any atom is -0.315 e. The van der Waals surface area contributed by atoms with Crippen molar-refractivity contribution in [2.75, 3.05) is 13.1 Å². The van der Waals surface area contributed by atoms with Gasteiger partial charge in [0.2, 0.25) is 0 Å². The Labute approximate surface area is 134 Å². The molecule has 2 N–H and O–H groups in total. The van der Waals surface area contributed by atoms with Crippen molar-refractivity contribution in [3.63, 3.8) is 0 Å². The molecule has 0 amide bonds. The van der Waals surface area contributed by atoms with Gasteiger partial charge in [-0.1, -0.05) is 11.3 Å². The van der Waals surface area contributed by atoms with Crippen LogP contribution in [0.2, 0.25) is 0 Å². The second-order valence-corrected chi connectivity index (χ2v) is 6.66. The number of rotatable bonds is 2. The number of aryl methyl sites for hydroxylation is 1. The maximum absolute atomic E-state index is 12.9. The van der Waals surface area contributed by atoms with Crippen LogP contribution < -0.4 is 16.6 Å². The first-order chi connectivity index (χ1) is 11.2. The molecule has 1 saturated heterocycles. The monoisotopic (exact) mass is 332 g/mol. The van der Waals surface area contributed by atoms with Gasteiger partial charge < -0.3 is 5.32 Å². The van der Waals surface area contributed by atoms with Crippen molar-refractivity contribution in [1.82, 2.24) is 29.9 Å². The molecule has 1 aliphatic heterocycles. The minimum absolute atomic E-state index is 0.102. The normalized spacial score (nSPS) is 18.6. The maximum Gasteiger partial charge on any atom is 0.329 e. The molecule has 1 atom stereocenters. The summed E-state index contributed by atoms with van der Waals surface area (Å²) in [5.41, 5.74) is 0.210. The summed E-state index contributed by atoms with van der Waals surface area (Å²) in [7, 11) is 0. The van der Waals surface area contributed by atoms with Crippen molar-refractivity contribution in [2.24, 2.45) is 0 Å². The van der Waals surface area contributed by atoms with Crippen molar-refractivity contribution >= 4 is 21.6 Å². The standard InChI is InChI=1S/C14H16N6O2S/c1-8-10-11(23-13(8)20-16-5-6-17-20)18-14(22)19(12(10)21)9-3-2-4-15-7-9/h5-6,9,15H,2-4,7H2,1H3,(H,18,22). The molecule has 0 saturated carbocycles. The number of nitrogens with zero attached hydrogens (tertiary/aromatic N) is 4. The fourth-order valence-corrected chi connectivity index (χ4v) is 4.22. The average Bonchev–Trinajstić information content (AvgIpc) is 3.16. The Hall–Kier alpha value is -2.26. The number of H-pyrrole nitrogens is 1. The van der Waals surface area contributed by atoms with Gasteiger partial charge in [0.1, 0.15) is 9.83 Å². The van der Waals surface area contributed by atoms with E-state index in [4.69, 9.17) is 0 Å². The lowest BCUT2D eigenvalue weighted by Crippen LogP contribution is -2.43.